The van der Waals surface area contributed by atoms with Gasteiger partial charge in [0.05, 0.1) is 12.2 Å². The van der Waals surface area contributed by atoms with Gasteiger partial charge < -0.3 is 11.1 Å². The minimum Gasteiger partial charge on any atom is -0.384 e. The van der Waals surface area contributed by atoms with Gasteiger partial charge in [0, 0.05) is 12.5 Å². The predicted molar refractivity (Wildman–Crippen MR) is 63.7 cm³/mol. The third-order valence-electron chi connectivity index (χ3n) is 2.06. The first kappa shape index (κ1) is 12.1. The van der Waals surface area contributed by atoms with Gasteiger partial charge >= 0.3 is 0 Å². The maximum Gasteiger partial charge on any atom is 0.217 e. The molecule has 1 aromatic heterocycles. The van der Waals surface area contributed by atoms with Gasteiger partial charge in [-0.05, 0) is 25.5 Å². The van der Waals surface area contributed by atoms with Crippen LogP contribution in [0.3, 0.4) is 0 Å². The number of rotatable bonds is 1. The lowest BCUT2D eigenvalue weighted by Crippen LogP contribution is -2.19. The van der Waals surface area contributed by atoms with E-state index in [-0.39, 0.29) is 5.91 Å². The molecule has 0 aliphatic carbocycles. The summed E-state index contributed by atoms with van der Waals surface area (Å²) in [5, 5.41) is 2.61. The molecule has 0 unspecified atom stereocenters. The Balaban J connectivity index is 2.84. The highest BCUT2D eigenvalue weighted by Gasteiger charge is 2.01. The third-order valence-corrected chi connectivity index (χ3v) is 2.06. The Morgan fingerprint density at radius 1 is 1.56 bits per heavy atom. The molecule has 0 saturated heterocycles. The number of nitrogens with one attached hydrogen (secondary N) is 1. The zero-order valence-corrected chi connectivity index (χ0v) is 9.72. The smallest absolute Gasteiger partial charge is 0.217 e. The Bertz CT molecular complexity index is 446. The zero-order chi connectivity index (χ0) is 12.1. The number of nitrogens with two attached hydrogens (primary N) is 1. The van der Waals surface area contributed by atoms with E-state index in [1.807, 2.05) is 13.8 Å². The highest BCUT2D eigenvalue weighted by atomic mass is 16.1. The molecule has 4 nitrogen and oxygen atoms in total. The van der Waals surface area contributed by atoms with Crippen LogP contribution in [0.2, 0.25) is 0 Å². The third kappa shape index (κ3) is 3.28. The first-order valence-electron chi connectivity index (χ1n) is 4.97. The molecule has 0 aliphatic rings. The van der Waals surface area contributed by atoms with Crippen molar-refractivity contribution in [3.63, 3.8) is 0 Å². The Labute approximate surface area is 95.3 Å². The molecule has 1 aromatic rings. The van der Waals surface area contributed by atoms with Crippen LogP contribution in [0.4, 0.5) is 5.82 Å². The summed E-state index contributed by atoms with van der Waals surface area (Å²) in [5.41, 5.74) is 8.29. The van der Waals surface area contributed by atoms with Crippen molar-refractivity contribution < 1.29 is 4.79 Å². The second kappa shape index (κ2) is 5.17. The quantitative estimate of drug-likeness (QED) is 0.683. The van der Waals surface area contributed by atoms with Gasteiger partial charge in [-0.15, -0.1) is 0 Å². The monoisotopic (exact) mass is 217 g/mol. The average molecular weight is 217 g/mol. The molecule has 0 spiro atoms. The number of aromatic nitrogens is 1. The van der Waals surface area contributed by atoms with E-state index in [0.29, 0.717) is 12.4 Å². The summed E-state index contributed by atoms with van der Waals surface area (Å²) in [5.74, 6) is 6.27. The summed E-state index contributed by atoms with van der Waals surface area (Å²) in [6.07, 6.45) is 0. The topological polar surface area (TPSA) is 68.0 Å². The molecule has 0 aromatic carbocycles. The molecular formula is C12H15N3O. The van der Waals surface area contributed by atoms with Crippen LogP contribution in [0, 0.1) is 25.7 Å². The lowest BCUT2D eigenvalue weighted by Gasteiger charge is -2.03. The van der Waals surface area contributed by atoms with Gasteiger partial charge in [-0.25, -0.2) is 4.98 Å². The highest BCUT2D eigenvalue weighted by molar-refractivity contribution is 5.73. The molecule has 16 heavy (non-hydrogen) atoms. The van der Waals surface area contributed by atoms with Crippen molar-refractivity contribution in [2.45, 2.75) is 20.8 Å². The van der Waals surface area contributed by atoms with E-state index in [1.165, 1.54) is 6.92 Å². The molecule has 0 fully saturated rings. The van der Waals surface area contributed by atoms with Gasteiger partial charge in [0.15, 0.2) is 0 Å². The summed E-state index contributed by atoms with van der Waals surface area (Å²) in [4.78, 5) is 14.8. The lowest BCUT2D eigenvalue weighted by molar-refractivity contribution is -0.118. The largest absolute Gasteiger partial charge is 0.384 e. The van der Waals surface area contributed by atoms with Gasteiger partial charge in [0.2, 0.25) is 5.91 Å². The van der Waals surface area contributed by atoms with E-state index in [1.54, 1.807) is 6.07 Å². The molecule has 0 bridgehead atoms. The summed E-state index contributed by atoms with van der Waals surface area (Å²) >= 11 is 0. The van der Waals surface area contributed by atoms with Crippen molar-refractivity contribution in [1.29, 1.82) is 0 Å². The fourth-order valence-corrected chi connectivity index (χ4v) is 1.35. The molecule has 4 heteroatoms. The predicted octanol–water partition coefficient (Wildman–Crippen LogP) is 0.768. The van der Waals surface area contributed by atoms with Crippen molar-refractivity contribution >= 4 is 11.7 Å². The molecule has 0 atom stereocenters. The van der Waals surface area contributed by atoms with Gasteiger partial charge in [-0.3, -0.25) is 4.79 Å². The number of carbonyl (C=O) groups is 1. The molecule has 1 amide bonds. The van der Waals surface area contributed by atoms with Crippen LogP contribution in [0.5, 0.6) is 0 Å². The number of hydrogen-bond donors (Lipinski definition) is 2. The molecular weight excluding hydrogens is 202 g/mol. The van der Waals surface area contributed by atoms with E-state index < -0.39 is 0 Å². The normalized spacial score (nSPS) is 9.19. The van der Waals surface area contributed by atoms with Crippen LogP contribution in [-0.2, 0) is 4.79 Å². The Kier molecular flexibility index (Phi) is 3.90. The maximum atomic E-state index is 10.6. The number of anilines is 1. The number of pyridine rings is 1. The fraction of sp³-hybridized carbons (Fsp3) is 0.333. The summed E-state index contributed by atoms with van der Waals surface area (Å²) < 4.78 is 0. The lowest BCUT2D eigenvalue weighted by atomic mass is 10.1. The van der Waals surface area contributed by atoms with Crippen molar-refractivity contribution in [2.24, 2.45) is 0 Å². The molecule has 84 valence electrons. The molecule has 0 aliphatic heterocycles. The minimum atomic E-state index is -0.0850. The maximum absolute atomic E-state index is 10.6. The summed E-state index contributed by atoms with van der Waals surface area (Å²) in [6.45, 7) is 5.61. The van der Waals surface area contributed by atoms with E-state index in [9.17, 15) is 4.79 Å². The van der Waals surface area contributed by atoms with Crippen molar-refractivity contribution in [3.8, 4) is 11.8 Å². The van der Waals surface area contributed by atoms with Crippen LogP contribution < -0.4 is 11.1 Å². The number of nitrogen functional groups attached to an aromatic ring is 1. The van der Waals surface area contributed by atoms with E-state index in [4.69, 9.17) is 5.73 Å². The van der Waals surface area contributed by atoms with Crippen LogP contribution >= 0.6 is 0 Å². The van der Waals surface area contributed by atoms with Gasteiger partial charge in [-0.1, -0.05) is 11.8 Å². The summed E-state index contributed by atoms with van der Waals surface area (Å²) in [6, 6.07) is 1.79. The number of aryl methyl sites for hydroxylation is 2. The molecule has 1 heterocycles. The van der Waals surface area contributed by atoms with Crippen LogP contribution in [0.25, 0.3) is 0 Å². The average Bonchev–Trinajstić information content (AvgIpc) is 2.14. The number of carbonyl (C=O) groups excluding carboxylic acids is 1. The first-order chi connectivity index (χ1) is 7.50. The van der Waals surface area contributed by atoms with Crippen molar-refractivity contribution in [1.82, 2.24) is 10.3 Å². The van der Waals surface area contributed by atoms with Gasteiger partial charge in [-0.2, -0.15) is 0 Å². The Hall–Kier alpha value is -2.02. The van der Waals surface area contributed by atoms with Crippen LogP contribution in [0.15, 0.2) is 6.07 Å². The number of amides is 1. The van der Waals surface area contributed by atoms with E-state index in [2.05, 4.69) is 22.1 Å². The number of nitrogens with zero attached hydrogens (tertiary/aromatic N) is 1. The zero-order valence-electron chi connectivity index (χ0n) is 9.72. The molecule has 1 rings (SSSR count). The SMILES string of the molecule is CC(=O)NCC#Cc1c(C)cc(N)nc1C. The van der Waals surface area contributed by atoms with E-state index >= 15 is 0 Å². The molecule has 0 saturated carbocycles. The van der Waals surface area contributed by atoms with Crippen molar-refractivity contribution in [2.75, 3.05) is 12.3 Å². The van der Waals surface area contributed by atoms with Crippen LogP contribution in [-0.4, -0.2) is 17.4 Å². The van der Waals surface area contributed by atoms with Gasteiger partial charge in [0.1, 0.15) is 5.82 Å². The van der Waals surface area contributed by atoms with E-state index in [0.717, 1.165) is 16.8 Å². The second-order valence-corrected chi connectivity index (χ2v) is 3.54. The minimum absolute atomic E-state index is 0.0850. The fourth-order valence-electron chi connectivity index (χ4n) is 1.35. The van der Waals surface area contributed by atoms with Crippen LogP contribution in [0.1, 0.15) is 23.7 Å². The number of hydrogen-bond acceptors (Lipinski definition) is 3. The Morgan fingerprint density at radius 2 is 2.25 bits per heavy atom. The second-order valence-electron chi connectivity index (χ2n) is 3.54. The van der Waals surface area contributed by atoms with Crippen molar-refractivity contribution in [3.05, 3.63) is 22.9 Å². The standard InChI is InChI=1S/C12H15N3O/c1-8-7-12(13)15-9(2)11(8)5-4-6-14-10(3)16/h7H,6H2,1-3H3,(H2,13,15)(H,14,16). The van der Waals surface area contributed by atoms with Gasteiger partial charge in [0.25, 0.3) is 0 Å². The first-order valence-corrected chi connectivity index (χ1v) is 4.97. The molecule has 0 radical (unpaired) electrons. The highest BCUT2D eigenvalue weighted by Crippen LogP contribution is 2.12. The molecule has 3 N–H and O–H groups in total. The summed E-state index contributed by atoms with van der Waals surface area (Å²) in [7, 11) is 0. The Morgan fingerprint density at radius 3 is 2.81 bits per heavy atom.